The maximum absolute atomic E-state index is 13.3. The van der Waals surface area contributed by atoms with E-state index in [0.29, 0.717) is 6.42 Å². The Bertz CT molecular complexity index is 1840. The zero-order chi connectivity index (χ0) is 59.5. The Hall–Kier alpha value is -3.61. The summed E-state index contributed by atoms with van der Waals surface area (Å²) in [7, 11) is 0. The van der Waals surface area contributed by atoms with Crippen LogP contribution in [0.4, 0.5) is 0 Å². The normalized spacial score (nSPS) is 24.8. The molecule has 0 spiro atoms. The second-order valence-corrected chi connectivity index (χ2v) is 21.8. The van der Waals surface area contributed by atoms with Crippen molar-refractivity contribution in [1.82, 2.24) is 5.32 Å². The molecule has 2 fully saturated rings. The highest BCUT2D eigenvalue weighted by Gasteiger charge is 2.51. The van der Waals surface area contributed by atoms with Crippen molar-refractivity contribution in [3.8, 4) is 0 Å². The third-order valence-corrected chi connectivity index (χ3v) is 14.7. The number of hydrogen-bond acceptors (Lipinski definition) is 13. The Kier molecular flexibility index (Phi) is 47.0. The number of aliphatic hydroxyl groups is 8. The number of hydrogen-bond donors (Lipinski definition) is 9. The molecule has 0 radical (unpaired) electrons. The molecule has 2 heterocycles. The van der Waals surface area contributed by atoms with Gasteiger partial charge >= 0.3 is 0 Å². The van der Waals surface area contributed by atoms with Gasteiger partial charge in [0.1, 0.15) is 48.8 Å². The van der Waals surface area contributed by atoms with E-state index < -0.39 is 86.8 Å². The van der Waals surface area contributed by atoms with Crippen molar-refractivity contribution in [3.05, 3.63) is 122 Å². The Morgan fingerprint density at radius 1 is 0.451 bits per heavy atom. The summed E-state index contributed by atoms with van der Waals surface area (Å²) in [5.74, 6) is -0.264. The summed E-state index contributed by atoms with van der Waals surface area (Å²) >= 11 is 0. The van der Waals surface area contributed by atoms with E-state index in [0.717, 1.165) is 109 Å². The van der Waals surface area contributed by atoms with Crippen LogP contribution in [0.2, 0.25) is 0 Å². The average molecular weight is 1150 g/mol. The highest BCUT2D eigenvalue weighted by Crippen LogP contribution is 2.30. The largest absolute Gasteiger partial charge is 0.394 e. The van der Waals surface area contributed by atoms with Gasteiger partial charge in [-0.2, -0.15) is 0 Å². The van der Waals surface area contributed by atoms with Crippen molar-refractivity contribution in [2.75, 3.05) is 19.8 Å². The van der Waals surface area contributed by atoms with Crippen molar-refractivity contribution in [2.24, 2.45) is 0 Å². The minimum absolute atomic E-state index is 0.251. The monoisotopic (exact) mass is 1150 g/mol. The molecular formula is C68H113NO13. The van der Waals surface area contributed by atoms with Gasteiger partial charge in [0.25, 0.3) is 0 Å². The predicted molar refractivity (Wildman–Crippen MR) is 332 cm³/mol. The van der Waals surface area contributed by atoms with Crippen molar-refractivity contribution in [2.45, 2.75) is 280 Å². The van der Waals surface area contributed by atoms with E-state index in [1.165, 1.54) is 70.6 Å². The van der Waals surface area contributed by atoms with Crippen LogP contribution in [0.3, 0.4) is 0 Å². The number of ether oxygens (including phenoxy) is 4. The van der Waals surface area contributed by atoms with Gasteiger partial charge in [-0.25, -0.2) is 0 Å². The third-order valence-electron chi connectivity index (χ3n) is 14.7. The molecule has 14 heteroatoms. The van der Waals surface area contributed by atoms with Gasteiger partial charge < -0.3 is 65.1 Å². The summed E-state index contributed by atoms with van der Waals surface area (Å²) in [4.78, 5) is 13.3. The van der Waals surface area contributed by atoms with Gasteiger partial charge in [-0.3, -0.25) is 4.79 Å². The first kappa shape index (κ1) is 74.5. The van der Waals surface area contributed by atoms with Crippen LogP contribution < -0.4 is 5.32 Å². The van der Waals surface area contributed by atoms with Gasteiger partial charge in [-0.05, 0) is 89.9 Å². The predicted octanol–water partition coefficient (Wildman–Crippen LogP) is 11.8. The summed E-state index contributed by atoms with van der Waals surface area (Å²) in [6.45, 7) is 2.65. The molecule has 2 saturated heterocycles. The lowest BCUT2D eigenvalue weighted by Gasteiger charge is -2.46. The van der Waals surface area contributed by atoms with Gasteiger partial charge in [0.05, 0.1) is 32.0 Å². The van der Waals surface area contributed by atoms with Crippen molar-refractivity contribution < 1.29 is 64.6 Å². The topological polar surface area (TPSA) is 228 Å². The van der Waals surface area contributed by atoms with Crippen molar-refractivity contribution in [3.63, 3.8) is 0 Å². The molecule has 12 unspecified atom stereocenters. The maximum atomic E-state index is 13.3. The fourth-order valence-electron chi connectivity index (χ4n) is 9.58. The summed E-state index contributed by atoms with van der Waals surface area (Å²) in [6, 6.07) is -0.934. The number of unbranched alkanes of at least 4 members (excludes halogenated alkanes) is 18. The number of rotatable bonds is 49. The molecule has 12 atom stereocenters. The van der Waals surface area contributed by atoms with Crippen LogP contribution in [0.25, 0.3) is 0 Å². The Labute approximate surface area is 495 Å². The highest BCUT2D eigenvalue weighted by molar-refractivity contribution is 5.76. The Morgan fingerprint density at radius 2 is 0.841 bits per heavy atom. The molecule has 0 aromatic carbocycles. The zero-order valence-electron chi connectivity index (χ0n) is 50.4. The van der Waals surface area contributed by atoms with Crippen molar-refractivity contribution >= 4 is 5.91 Å². The van der Waals surface area contributed by atoms with Gasteiger partial charge in [-0.15, -0.1) is 0 Å². The first-order valence-corrected chi connectivity index (χ1v) is 31.8. The molecule has 2 aliphatic rings. The Morgan fingerprint density at radius 3 is 1.29 bits per heavy atom. The molecule has 14 nitrogen and oxygen atoms in total. The molecule has 0 aromatic heterocycles. The van der Waals surface area contributed by atoms with E-state index in [1.807, 2.05) is 6.08 Å². The van der Waals surface area contributed by atoms with Gasteiger partial charge in [0, 0.05) is 6.42 Å². The molecule has 468 valence electrons. The lowest BCUT2D eigenvalue weighted by atomic mass is 9.97. The standard InChI is InChI=1S/C68H113NO13/c1-3-5-7-9-11-13-15-17-19-20-21-22-23-24-25-26-27-28-29-30-31-32-33-34-35-36-38-40-42-44-46-48-50-52-60(73)69-56(57(72)51-49-47-45-43-41-39-37-18-16-14-12-10-8-6-4-2)55-79-67-65(78)63(76)66(59(54-71)81-67)82-68-64(77)62(75)61(74)58(53-70)80-68/h5,7,11,13,17,19,21-22,24-25,27-28,30-31,33-34,36,38,49,51,56-59,61-68,70-72,74-78H,3-4,6,8-10,12,14-16,18,20,23,26,29,32,35,37,39-48,50,52-55H2,1-2H3,(H,69,73)/b7-5-,13-11-,19-17-,22-21-,25-24-,28-27-,31-30-,34-33-,38-36-,51-49+. The van der Waals surface area contributed by atoms with E-state index >= 15 is 0 Å². The molecule has 0 saturated carbocycles. The lowest BCUT2D eigenvalue weighted by Crippen LogP contribution is -2.65. The second kappa shape index (κ2) is 51.8. The fraction of sp³-hybridized carbons (Fsp3) is 0.691. The number of amides is 1. The van der Waals surface area contributed by atoms with Crippen LogP contribution in [-0.4, -0.2) is 140 Å². The molecule has 82 heavy (non-hydrogen) atoms. The average Bonchev–Trinajstić information content (AvgIpc) is 3.60. The third kappa shape index (κ3) is 36.3. The Balaban J connectivity index is 1.71. The first-order valence-electron chi connectivity index (χ1n) is 31.8. The zero-order valence-corrected chi connectivity index (χ0v) is 50.4. The van der Waals surface area contributed by atoms with E-state index in [4.69, 9.17) is 18.9 Å². The summed E-state index contributed by atoms with van der Waals surface area (Å²) in [5, 5.41) is 87.1. The molecule has 0 bridgehead atoms. The minimum atomic E-state index is -1.80. The van der Waals surface area contributed by atoms with E-state index in [9.17, 15) is 45.6 Å². The van der Waals surface area contributed by atoms with E-state index in [-0.39, 0.29) is 18.9 Å². The van der Waals surface area contributed by atoms with Crippen LogP contribution >= 0.6 is 0 Å². The van der Waals surface area contributed by atoms with Crippen LogP contribution in [0, 0.1) is 0 Å². The van der Waals surface area contributed by atoms with Gasteiger partial charge in [0.2, 0.25) is 5.91 Å². The molecule has 0 aromatic rings. The van der Waals surface area contributed by atoms with E-state index in [1.54, 1.807) is 6.08 Å². The molecule has 0 aliphatic carbocycles. The SMILES string of the molecule is CC/C=C\C/C=C\C/C=C\C/C=C\C/C=C\C/C=C\C/C=C\C/C=C\C/C=C\CCCCCCCC(=O)NC(COC1OC(CO)C(OC2OC(CO)C(O)C(O)C2O)C(O)C1O)C(O)/C=C/CCCCCCCCCCCCCCC. The number of allylic oxidation sites excluding steroid dienone is 19. The van der Waals surface area contributed by atoms with Crippen LogP contribution in [0.15, 0.2) is 122 Å². The number of carbonyl (C=O) groups excluding carboxylic acids is 1. The maximum Gasteiger partial charge on any atom is 0.220 e. The molecule has 2 rings (SSSR count). The highest BCUT2D eigenvalue weighted by atomic mass is 16.7. The smallest absolute Gasteiger partial charge is 0.220 e. The molecule has 9 N–H and O–H groups in total. The fourth-order valence-corrected chi connectivity index (χ4v) is 9.58. The number of nitrogens with one attached hydrogen (secondary N) is 1. The molecular weight excluding hydrogens is 1040 g/mol. The number of carbonyl (C=O) groups is 1. The van der Waals surface area contributed by atoms with Gasteiger partial charge in [-0.1, -0.05) is 232 Å². The number of aliphatic hydroxyl groups excluding tert-OH is 8. The summed E-state index contributed by atoms with van der Waals surface area (Å²) in [5.41, 5.74) is 0. The molecule has 2 aliphatic heterocycles. The van der Waals surface area contributed by atoms with Crippen LogP contribution in [-0.2, 0) is 23.7 Å². The molecule has 1 amide bonds. The second-order valence-electron chi connectivity index (χ2n) is 21.8. The first-order chi connectivity index (χ1) is 40.1. The summed E-state index contributed by atoms with van der Waals surface area (Å²) in [6.07, 6.45) is 58.0. The summed E-state index contributed by atoms with van der Waals surface area (Å²) < 4.78 is 22.8. The van der Waals surface area contributed by atoms with Gasteiger partial charge in [0.15, 0.2) is 12.6 Å². The quantitative estimate of drug-likeness (QED) is 0.0204. The van der Waals surface area contributed by atoms with Crippen molar-refractivity contribution in [1.29, 1.82) is 0 Å². The van der Waals surface area contributed by atoms with Crippen LogP contribution in [0.1, 0.15) is 206 Å². The van der Waals surface area contributed by atoms with E-state index in [2.05, 4.69) is 129 Å². The lowest BCUT2D eigenvalue weighted by molar-refractivity contribution is -0.359. The minimum Gasteiger partial charge on any atom is -0.394 e. The van der Waals surface area contributed by atoms with Crippen LogP contribution in [0.5, 0.6) is 0 Å².